The minimum Gasteiger partial charge on any atom is -0.480 e. The number of hydrogen-bond acceptors (Lipinski definition) is 3. The fourth-order valence-electron chi connectivity index (χ4n) is 1.36. The van der Waals surface area contributed by atoms with Crippen molar-refractivity contribution in [3.05, 3.63) is 29.3 Å². The topological polar surface area (TPSA) is 83.5 Å². The molecule has 0 spiro atoms. The first kappa shape index (κ1) is 14.9. The zero-order valence-corrected chi connectivity index (χ0v) is 11.5. The van der Waals surface area contributed by atoms with Crippen molar-refractivity contribution in [1.29, 1.82) is 0 Å². The van der Waals surface area contributed by atoms with E-state index in [9.17, 15) is 13.2 Å². The van der Waals surface area contributed by atoms with E-state index in [2.05, 4.69) is 4.72 Å². The highest BCUT2D eigenvalue weighted by Gasteiger charge is 2.28. The van der Waals surface area contributed by atoms with Gasteiger partial charge in [-0.05, 0) is 18.1 Å². The van der Waals surface area contributed by atoms with E-state index in [1.54, 1.807) is 19.9 Å². The molecular weight excluding hydrogens is 278 g/mol. The molecule has 1 rings (SSSR count). The summed E-state index contributed by atoms with van der Waals surface area (Å²) in [6, 6.07) is 4.68. The second-order valence-electron chi connectivity index (χ2n) is 4.11. The van der Waals surface area contributed by atoms with Gasteiger partial charge in [0.15, 0.2) is 0 Å². The Balaban J connectivity index is 3.09. The van der Waals surface area contributed by atoms with Gasteiger partial charge in [0.2, 0.25) is 10.0 Å². The van der Waals surface area contributed by atoms with E-state index in [4.69, 9.17) is 16.7 Å². The Kier molecular flexibility index (Phi) is 4.72. The molecule has 0 unspecified atom stereocenters. The van der Waals surface area contributed by atoms with Crippen LogP contribution in [0.3, 0.4) is 0 Å². The molecule has 1 aromatic carbocycles. The summed E-state index contributed by atoms with van der Waals surface area (Å²) >= 11 is 5.78. The van der Waals surface area contributed by atoms with Gasteiger partial charge in [-0.2, -0.15) is 4.72 Å². The first-order valence-electron chi connectivity index (χ1n) is 5.25. The van der Waals surface area contributed by atoms with Gasteiger partial charge in [0, 0.05) is 0 Å². The van der Waals surface area contributed by atoms with Crippen molar-refractivity contribution in [3.8, 4) is 0 Å². The van der Waals surface area contributed by atoms with E-state index in [1.165, 1.54) is 18.2 Å². The van der Waals surface area contributed by atoms with Crippen LogP contribution >= 0.6 is 11.6 Å². The van der Waals surface area contributed by atoms with Crippen LogP contribution in [0.4, 0.5) is 0 Å². The highest BCUT2D eigenvalue weighted by atomic mass is 35.5. The average Bonchev–Trinajstić information content (AvgIpc) is 2.25. The molecule has 0 saturated heterocycles. The van der Waals surface area contributed by atoms with Crippen LogP contribution in [0, 0.1) is 5.92 Å². The van der Waals surface area contributed by atoms with Crippen molar-refractivity contribution < 1.29 is 18.3 Å². The summed E-state index contributed by atoms with van der Waals surface area (Å²) in [6.07, 6.45) is 0. The predicted octanol–water partition coefficient (Wildman–Crippen LogP) is 1.73. The fourth-order valence-corrected chi connectivity index (χ4v) is 3.22. The maximum Gasteiger partial charge on any atom is 0.322 e. The smallest absolute Gasteiger partial charge is 0.322 e. The third-order valence-electron chi connectivity index (χ3n) is 2.34. The number of sulfonamides is 1. The number of benzene rings is 1. The normalized spacial score (nSPS) is 13.6. The van der Waals surface area contributed by atoms with Crippen LogP contribution in [0.25, 0.3) is 0 Å². The summed E-state index contributed by atoms with van der Waals surface area (Å²) in [7, 11) is -3.94. The summed E-state index contributed by atoms with van der Waals surface area (Å²) < 4.78 is 26.2. The monoisotopic (exact) mass is 291 g/mol. The number of carboxylic acids is 1. The largest absolute Gasteiger partial charge is 0.480 e. The SMILES string of the molecule is CC(C)[C@H](NS(=O)(=O)c1ccccc1Cl)C(=O)O. The summed E-state index contributed by atoms with van der Waals surface area (Å²) in [5.74, 6) is -1.60. The van der Waals surface area contributed by atoms with Crippen molar-refractivity contribution in [2.45, 2.75) is 24.8 Å². The Hall–Kier alpha value is -1.11. The lowest BCUT2D eigenvalue weighted by molar-refractivity contribution is -0.140. The zero-order valence-electron chi connectivity index (χ0n) is 9.92. The number of halogens is 1. The molecule has 0 heterocycles. The number of aliphatic carboxylic acids is 1. The van der Waals surface area contributed by atoms with Gasteiger partial charge in [0.1, 0.15) is 10.9 Å². The maximum absolute atomic E-state index is 12.0. The van der Waals surface area contributed by atoms with Crippen LogP contribution in [0.2, 0.25) is 5.02 Å². The van der Waals surface area contributed by atoms with Gasteiger partial charge >= 0.3 is 5.97 Å². The summed E-state index contributed by atoms with van der Waals surface area (Å²) in [4.78, 5) is 10.8. The van der Waals surface area contributed by atoms with Gasteiger partial charge in [-0.1, -0.05) is 37.6 Å². The highest BCUT2D eigenvalue weighted by Crippen LogP contribution is 2.21. The van der Waals surface area contributed by atoms with E-state index in [-0.39, 0.29) is 15.8 Å². The molecule has 1 atom stereocenters. The molecule has 0 fully saturated rings. The zero-order chi connectivity index (χ0) is 13.9. The Morgan fingerprint density at radius 1 is 1.33 bits per heavy atom. The number of nitrogens with one attached hydrogen (secondary N) is 1. The second-order valence-corrected chi connectivity index (χ2v) is 6.20. The molecule has 18 heavy (non-hydrogen) atoms. The second kappa shape index (κ2) is 5.69. The van der Waals surface area contributed by atoms with Crippen molar-refractivity contribution in [1.82, 2.24) is 4.72 Å². The number of carboxylic acid groups (broad SMARTS) is 1. The molecule has 5 nitrogen and oxygen atoms in total. The van der Waals surface area contributed by atoms with Crippen LogP contribution < -0.4 is 4.72 Å². The Morgan fingerprint density at radius 3 is 2.33 bits per heavy atom. The lowest BCUT2D eigenvalue weighted by atomic mass is 10.1. The van der Waals surface area contributed by atoms with Gasteiger partial charge < -0.3 is 5.11 Å². The quantitative estimate of drug-likeness (QED) is 0.865. The molecule has 7 heteroatoms. The summed E-state index contributed by atoms with van der Waals surface area (Å²) in [5.41, 5.74) is 0. The third kappa shape index (κ3) is 3.44. The van der Waals surface area contributed by atoms with E-state index in [0.717, 1.165) is 0 Å². The van der Waals surface area contributed by atoms with Gasteiger partial charge in [0.05, 0.1) is 5.02 Å². The average molecular weight is 292 g/mol. The molecule has 2 N–H and O–H groups in total. The van der Waals surface area contributed by atoms with Crippen LogP contribution in [0.15, 0.2) is 29.2 Å². The van der Waals surface area contributed by atoms with Crippen molar-refractivity contribution >= 4 is 27.6 Å². The Bertz CT molecular complexity index is 542. The third-order valence-corrected chi connectivity index (χ3v) is 4.28. The van der Waals surface area contributed by atoms with E-state index in [1.807, 2.05) is 0 Å². The molecule has 1 aromatic rings. The molecule has 0 aliphatic heterocycles. The number of carbonyl (C=O) groups is 1. The minimum absolute atomic E-state index is 0.0536. The molecular formula is C11H14ClNO4S. The molecule has 0 aromatic heterocycles. The Morgan fingerprint density at radius 2 is 1.89 bits per heavy atom. The first-order chi connectivity index (χ1) is 8.25. The van der Waals surface area contributed by atoms with Crippen LogP contribution in [-0.2, 0) is 14.8 Å². The van der Waals surface area contributed by atoms with Crippen LogP contribution in [-0.4, -0.2) is 25.5 Å². The predicted molar refractivity (Wildman–Crippen MR) is 68.0 cm³/mol. The molecule has 0 aliphatic rings. The molecule has 0 bridgehead atoms. The lowest BCUT2D eigenvalue weighted by Gasteiger charge is -2.18. The van der Waals surface area contributed by atoms with Crippen LogP contribution in [0.1, 0.15) is 13.8 Å². The highest BCUT2D eigenvalue weighted by molar-refractivity contribution is 7.89. The standard InChI is InChI=1S/C11H14ClNO4S/c1-7(2)10(11(14)15)13-18(16,17)9-6-4-3-5-8(9)12/h3-7,10,13H,1-2H3,(H,14,15)/t10-/m0/s1. The minimum atomic E-state index is -3.94. The van der Waals surface area contributed by atoms with E-state index >= 15 is 0 Å². The molecule has 0 saturated carbocycles. The van der Waals surface area contributed by atoms with E-state index < -0.39 is 22.0 Å². The van der Waals surface area contributed by atoms with Crippen molar-refractivity contribution in [3.63, 3.8) is 0 Å². The molecule has 0 aliphatic carbocycles. The van der Waals surface area contributed by atoms with E-state index in [0.29, 0.717) is 0 Å². The summed E-state index contributed by atoms with van der Waals surface area (Å²) in [5, 5.41) is 9.02. The van der Waals surface area contributed by atoms with Gasteiger partial charge in [-0.3, -0.25) is 4.79 Å². The molecule has 0 amide bonds. The van der Waals surface area contributed by atoms with Gasteiger partial charge in [0.25, 0.3) is 0 Å². The molecule has 0 radical (unpaired) electrons. The van der Waals surface area contributed by atoms with Crippen LogP contribution in [0.5, 0.6) is 0 Å². The van der Waals surface area contributed by atoms with Gasteiger partial charge in [-0.25, -0.2) is 8.42 Å². The number of rotatable bonds is 5. The van der Waals surface area contributed by atoms with Crippen molar-refractivity contribution in [2.75, 3.05) is 0 Å². The van der Waals surface area contributed by atoms with Gasteiger partial charge in [-0.15, -0.1) is 0 Å². The Labute approximate surface area is 111 Å². The summed E-state index contributed by atoms with van der Waals surface area (Å²) in [6.45, 7) is 3.24. The van der Waals surface area contributed by atoms with Crippen molar-refractivity contribution in [2.24, 2.45) is 5.92 Å². The maximum atomic E-state index is 12.0. The number of hydrogen-bond donors (Lipinski definition) is 2. The first-order valence-corrected chi connectivity index (χ1v) is 7.11. The lowest BCUT2D eigenvalue weighted by Crippen LogP contribution is -2.44. The molecule has 100 valence electrons. The fraction of sp³-hybridized carbons (Fsp3) is 0.364.